The maximum Gasteiger partial charge on any atom is 0.151 e. The van der Waals surface area contributed by atoms with Crippen LogP contribution in [0.2, 0.25) is 0 Å². The van der Waals surface area contributed by atoms with Gasteiger partial charge in [-0.05, 0) is 71.1 Å². The Hall–Kier alpha value is -2.80. The molecule has 0 aromatic heterocycles. The fourth-order valence-corrected chi connectivity index (χ4v) is 5.29. The van der Waals surface area contributed by atoms with Crippen LogP contribution in [0.5, 0.6) is 0 Å². The molecule has 0 bridgehead atoms. The minimum absolute atomic E-state index is 0.251. The third-order valence-corrected chi connectivity index (χ3v) is 6.56. The third kappa shape index (κ3) is 4.46. The van der Waals surface area contributed by atoms with E-state index in [0.717, 1.165) is 22.9 Å². The summed E-state index contributed by atoms with van der Waals surface area (Å²) in [4.78, 5) is 0. The van der Waals surface area contributed by atoms with Crippen molar-refractivity contribution in [3.63, 3.8) is 0 Å². The highest BCUT2D eigenvalue weighted by Crippen LogP contribution is 2.47. The van der Waals surface area contributed by atoms with Crippen molar-refractivity contribution >= 4 is 15.5 Å². The number of hydrogen-bond acceptors (Lipinski definition) is 3. The van der Waals surface area contributed by atoms with Crippen LogP contribution in [0.3, 0.4) is 0 Å². The first-order valence-electron chi connectivity index (χ1n) is 9.88. The zero-order chi connectivity index (χ0) is 22.3. The van der Waals surface area contributed by atoms with Gasteiger partial charge in [0.15, 0.2) is 9.84 Å². The molecule has 4 rings (SSSR count). The molecule has 0 amide bonds. The molecule has 7 heteroatoms. The van der Waals surface area contributed by atoms with E-state index in [-0.39, 0.29) is 29.2 Å². The highest BCUT2D eigenvalue weighted by Gasteiger charge is 2.35. The van der Waals surface area contributed by atoms with Gasteiger partial charge in [-0.25, -0.2) is 21.6 Å². The number of hydrogen-bond donors (Lipinski definition) is 1. The van der Waals surface area contributed by atoms with Crippen molar-refractivity contribution in [1.82, 2.24) is 0 Å². The molecule has 1 heterocycles. The standard InChI is InChI=1S/C24H22F3NO2S/c1-14-9-18(26)7-8-20(14)23(15-3-5-17(25)6-4-15)22-12-28-24-16(13-31(2,29)30)10-19(27)11-21(22)24/h3-11,22-23,28H,12-13H2,1-2H3. The second-order valence-corrected chi connectivity index (χ2v) is 10.3. The van der Waals surface area contributed by atoms with Gasteiger partial charge in [-0.2, -0.15) is 0 Å². The maximum atomic E-state index is 14.5. The Morgan fingerprint density at radius 3 is 2.29 bits per heavy atom. The summed E-state index contributed by atoms with van der Waals surface area (Å²) in [5, 5.41) is 3.25. The van der Waals surface area contributed by atoms with E-state index in [1.54, 1.807) is 25.1 Å². The molecule has 0 saturated heterocycles. The molecule has 0 fully saturated rings. The highest BCUT2D eigenvalue weighted by atomic mass is 32.2. The topological polar surface area (TPSA) is 46.2 Å². The van der Waals surface area contributed by atoms with Gasteiger partial charge in [0, 0.05) is 30.3 Å². The summed E-state index contributed by atoms with van der Waals surface area (Å²) in [5.74, 6) is -2.07. The summed E-state index contributed by atoms with van der Waals surface area (Å²) in [6.07, 6.45) is 1.11. The van der Waals surface area contributed by atoms with E-state index in [0.29, 0.717) is 23.4 Å². The Kier molecular flexibility index (Phi) is 5.56. The quantitative estimate of drug-likeness (QED) is 0.580. The van der Waals surface area contributed by atoms with Crippen molar-refractivity contribution in [3.8, 4) is 0 Å². The normalized spacial score (nSPS) is 16.6. The van der Waals surface area contributed by atoms with Crippen LogP contribution < -0.4 is 5.32 Å². The molecule has 1 aliphatic heterocycles. The summed E-state index contributed by atoms with van der Waals surface area (Å²) in [6.45, 7) is 2.24. The molecule has 3 aromatic rings. The van der Waals surface area contributed by atoms with Gasteiger partial charge in [-0.15, -0.1) is 0 Å². The molecule has 0 spiro atoms. The number of halogens is 3. The number of benzene rings is 3. The van der Waals surface area contributed by atoms with Crippen LogP contribution in [0, 0.1) is 24.4 Å². The summed E-state index contributed by atoms with van der Waals surface area (Å²) < 4.78 is 65.6. The van der Waals surface area contributed by atoms with E-state index < -0.39 is 15.7 Å². The zero-order valence-electron chi connectivity index (χ0n) is 17.1. The van der Waals surface area contributed by atoms with E-state index in [1.807, 2.05) is 0 Å². The van der Waals surface area contributed by atoms with E-state index in [4.69, 9.17) is 0 Å². The van der Waals surface area contributed by atoms with E-state index in [9.17, 15) is 21.6 Å². The molecule has 1 aliphatic rings. The van der Waals surface area contributed by atoms with Crippen molar-refractivity contribution in [2.45, 2.75) is 24.5 Å². The van der Waals surface area contributed by atoms with Crippen LogP contribution in [-0.2, 0) is 15.6 Å². The Labute approximate surface area is 179 Å². The third-order valence-electron chi connectivity index (χ3n) is 5.73. The van der Waals surface area contributed by atoms with Crippen molar-refractivity contribution in [2.24, 2.45) is 0 Å². The first-order valence-corrected chi connectivity index (χ1v) is 11.9. The molecule has 0 saturated carbocycles. The second-order valence-electron chi connectivity index (χ2n) is 8.12. The Morgan fingerprint density at radius 1 is 0.968 bits per heavy atom. The number of fused-ring (bicyclic) bond motifs is 1. The van der Waals surface area contributed by atoms with Crippen LogP contribution in [0.4, 0.5) is 18.9 Å². The largest absolute Gasteiger partial charge is 0.384 e. The fraction of sp³-hybridized carbons (Fsp3) is 0.250. The average molecular weight is 446 g/mol. The molecular formula is C24H22F3NO2S. The first kappa shape index (κ1) is 21.4. The lowest BCUT2D eigenvalue weighted by atomic mass is 9.76. The molecule has 162 valence electrons. The Bertz CT molecular complexity index is 1240. The summed E-state index contributed by atoms with van der Waals surface area (Å²) >= 11 is 0. The second kappa shape index (κ2) is 8.04. The summed E-state index contributed by atoms with van der Waals surface area (Å²) in [7, 11) is -3.36. The van der Waals surface area contributed by atoms with Gasteiger partial charge in [0.05, 0.1) is 5.75 Å². The number of aryl methyl sites for hydroxylation is 1. The van der Waals surface area contributed by atoms with Gasteiger partial charge in [0.2, 0.25) is 0 Å². The Balaban J connectivity index is 1.88. The molecule has 1 N–H and O–H groups in total. The lowest BCUT2D eigenvalue weighted by molar-refractivity contribution is 0.599. The van der Waals surface area contributed by atoms with Crippen molar-refractivity contribution in [3.05, 3.63) is 99.9 Å². The van der Waals surface area contributed by atoms with Crippen molar-refractivity contribution in [1.29, 1.82) is 0 Å². The Morgan fingerprint density at radius 2 is 1.65 bits per heavy atom. The van der Waals surface area contributed by atoms with Gasteiger partial charge < -0.3 is 5.32 Å². The van der Waals surface area contributed by atoms with E-state index in [1.165, 1.54) is 36.4 Å². The molecular weight excluding hydrogens is 423 g/mol. The predicted molar refractivity (Wildman–Crippen MR) is 116 cm³/mol. The minimum Gasteiger partial charge on any atom is -0.384 e. The monoisotopic (exact) mass is 445 g/mol. The molecule has 3 aromatic carbocycles. The van der Waals surface area contributed by atoms with Gasteiger partial charge in [0.1, 0.15) is 17.5 Å². The van der Waals surface area contributed by atoms with Crippen LogP contribution in [0.25, 0.3) is 0 Å². The first-order chi connectivity index (χ1) is 14.6. The maximum absolute atomic E-state index is 14.5. The van der Waals surface area contributed by atoms with Crippen LogP contribution >= 0.6 is 0 Å². The lowest BCUT2D eigenvalue weighted by Gasteiger charge is -2.27. The molecule has 0 radical (unpaired) electrons. The molecule has 0 aliphatic carbocycles. The summed E-state index contributed by atoms with van der Waals surface area (Å²) in [5.41, 5.74) is 4.05. The number of nitrogens with one attached hydrogen (secondary N) is 1. The highest BCUT2D eigenvalue weighted by molar-refractivity contribution is 7.89. The van der Waals surface area contributed by atoms with Crippen LogP contribution in [0.1, 0.15) is 39.7 Å². The number of sulfone groups is 1. The van der Waals surface area contributed by atoms with Crippen molar-refractivity contribution in [2.75, 3.05) is 18.1 Å². The van der Waals surface area contributed by atoms with E-state index >= 15 is 0 Å². The number of anilines is 1. The van der Waals surface area contributed by atoms with Crippen molar-refractivity contribution < 1.29 is 21.6 Å². The van der Waals surface area contributed by atoms with Gasteiger partial charge in [0.25, 0.3) is 0 Å². The van der Waals surface area contributed by atoms with Gasteiger partial charge >= 0.3 is 0 Å². The SMILES string of the molecule is Cc1cc(F)ccc1C(c1ccc(F)cc1)C1CNc2c(CS(C)(=O)=O)cc(F)cc21. The zero-order valence-corrected chi connectivity index (χ0v) is 17.9. The minimum atomic E-state index is -3.36. The van der Waals surface area contributed by atoms with Crippen LogP contribution in [0.15, 0.2) is 54.6 Å². The van der Waals surface area contributed by atoms with Crippen LogP contribution in [-0.4, -0.2) is 21.2 Å². The average Bonchev–Trinajstić information content (AvgIpc) is 3.07. The fourth-order valence-electron chi connectivity index (χ4n) is 4.50. The molecule has 31 heavy (non-hydrogen) atoms. The smallest absolute Gasteiger partial charge is 0.151 e. The molecule has 3 nitrogen and oxygen atoms in total. The lowest BCUT2D eigenvalue weighted by Crippen LogP contribution is -2.16. The van der Waals surface area contributed by atoms with E-state index in [2.05, 4.69) is 5.32 Å². The predicted octanol–water partition coefficient (Wildman–Crippen LogP) is 5.30. The van der Waals surface area contributed by atoms with Gasteiger partial charge in [-0.1, -0.05) is 18.2 Å². The molecule has 2 unspecified atom stereocenters. The summed E-state index contributed by atoms with van der Waals surface area (Å²) in [6, 6.07) is 13.3. The number of rotatable bonds is 5. The molecule has 2 atom stereocenters. The van der Waals surface area contributed by atoms with Gasteiger partial charge in [-0.3, -0.25) is 0 Å².